The molecule has 3 atom stereocenters. The van der Waals surface area contributed by atoms with Gasteiger partial charge in [0.05, 0.1) is 6.10 Å². The molecule has 0 aliphatic heterocycles. The topological polar surface area (TPSA) is 58.6 Å². The van der Waals surface area contributed by atoms with Gasteiger partial charge in [-0.3, -0.25) is 4.79 Å². The molecule has 1 fully saturated rings. The van der Waals surface area contributed by atoms with E-state index in [2.05, 4.69) is 5.32 Å². The highest BCUT2D eigenvalue weighted by atomic mass is 19.1. The van der Waals surface area contributed by atoms with Crippen LogP contribution in [-0.2, 0) is 4.79 Å². The van der Waals surface area contributed by atoms with Crippen molar-refractivity contribution < 1.29 is 19.0 Å². The fourth-order valence-corrected chi connectivity index (χ4v) is 2.42. The number of carbonyl (C=O) groups excluding carboxylic acids is 1. The molecule has 2 rings (SSSR count). The molecule has 3 unspecified atom stereocenters. The van der Waals surface area contributed by atoms with Gasteiger partial charge in [-0.1, -0.05) is 18.6 Å². The predicted molar refractivity (Wildman–Crippen MR) is 72.8 cm³/mol. The van der Waals surface area contributed by atoms with Crippen molar-refractivity contribution in [3.8, 4) is 5.75 Å². The SMILES string of the molecule is CC(Oc1ccccc1F)C(=O)NCC1CCCC1O. The third kappa shape index (κ3) is 3.70. The number of hydrogen-bond acceptors (Lipinski definition) is 3. The molecule has 0 spiro atoms. The van der Waals surface area contributed by atoms with Gasteiger partial charge in [0, 0.05) is 12.5 Å². The maximum absolute atomic E-state index is 13.4. The molecule has 0 aromatic heterocycles. The zero-order valence-corrected chi connectivity index (χ0v) is 11.5. The Kier molecular flexibility index (Phi) is 4.95. The van der Waals surface area contributed by atoms with Crippen molar-refractivity contribution in [1.29, 1.82) is 0 Å². The van der Waals surface area contributed by atoms with Crippen molar-refractivity contribution in [3.05, 3.63) is 30.1 Å². The number of benzene rings is 1. The molecule has 0 heterocycles. The summed E-state index contributed by atoms with van der Waals surface area (Å²) < 4.78 is 18.7. The highest BCUT2D eigenvalue weighted by Crippen LogP contribution is 2.24. The zero-order chi connectivity index (χ0) is 14.5. The number of para-hydroxylation sites is 1. The highest BCUT2D eigenvalue weighted by Gasteiger charge is 2.26. The van der Waals surface area contributed by atoms with E-state index in [0.717, 1.165) is 19.3 Å². The van der Waals surface area contributed by atoms with Gasteiger partial charge in [0.1, 0.15) is 0 Å². The van der Waals surface area contributed by atoms with Gasteiger partial charge in [-0.2, -0.15) is 0 Å². The van der Waals surface area contributed by atoms with Gasteiger partial charge in [0.15, 0.2) is 17.7 Å². The number of aliphatic hydroxyl groups is 1. The quantitative estimate of drug-likeness (QED) is 0.866. The summed E-state index contributed by atoms with van der Waals surface area (Å²) in [6.45, 7) is 2.01. The second kappa shape index (κ2) is 6.70. The summed E-state index contributed by atoms with van der Waals surface area (Å²) in [6, 6.07) is 5.99. The molecule has 1 aromatic rings. The van der Waals surface area contributed by atoms with Crippen LogP contribution in [0.5, 0.6) is 5.75 Å². The van der Waals surface area contributed by atoms with Crippen LogP contribution in [0.15, 0.2) is 24.3 Å². The Morgan fingerprint density at radius 2 is 2.25 bits per heavy atom. The summed E-state index contributed by atoms with van der Waals surface area (Å²) in [4.78, 5) is 11.9. The third-order valence-corrected chi connectivity index (χ3v) is 3.67. The summed E-state index contributed by atoms with van der Waals surface area (Å²) in [5.74, 6) is -0.610. The normalized spacial score (nSPS) is 23.4. The summed E-state index contributed by atoms with van der Waals surface area (Å²) in [7, 11) is 0. The Morgan fingerprint density at radius 1 is 1.50 bits per heavy atom. The van der Waals surface area contributed by atoms with E-state index in [0.29, 0.717) is 6.54 Å². The van der Waals surface area contributed by atoms with Crippen LogP contribution >= 0.6 is 0 Å². The zero-order valence-electron chi connectivity index (χ0n) is 11.5. The summed E-state index contributed by atoms with van der Waals surface area (Å²) >= 11 is 0. The summed E-state index contributed by atoms with van der Waals surface area (Å²) in [6.07, 6.45) is 1.60. The lowest BCUT2D eigenvalue weighted by atomic mass is 10.1. The lowest BCUT2D eigenvalue weighted by Crippen LogP contribution is -2.40. The van der Waals surface area contributed by atoms with Crippen LogP contribution in [0.4, 0.5) is 4.39 Å². The number of rotatable bonds is 5. The largest absolute Gasteiger partial charge is 0.478 e. The Labute approximate surface area is 117 Å². The predicted octanol–water partition coefficient (Wildman–Crippen LogP) is 1.87. The first-order valence-corrected chi connectivity index (χ1v) is 6.95. The van der Waals surface area contributed by atoms with Crippen LogP contribution in [0.3, 0.4) is 0 Å². The van der Waals surface area contributed by atoms with Crippen LogP contribution in [0.25, 0.3) is 0 Å². The summed E-state index contributed by atoms with van der Waals surface area (Å²) in [5, 5.41) is 12.4. The number of aliphatic hydroxyl groups excluding tert-OH is 1. The van der Waals surface area contributed by atoms with Crippen LogP contribution < -0.4 is 10.1 Å². The number of amides is 1. The lowest BCUT2D eigenvalue weighted by molar-refractivity contribution is -0.127. The van der Waals surface area contributed by atoms with E-state index >= 15 is 0 Å². The van der Waals surface area contributed by atoms with Gasteiger partial charge in [-0.25, -0.2) is 4.39 Å². The molecular weight excluding hydrogens is 261 g/mol. The Bertz CT molecular complexity index is 466. The van der Waals surface area contributed by atoms with Gasteiger partial charge >= 0.3 is 0 Å². The standard InChI is InChI=1S/C15H20FNO3/c1-10(20-14-8-3-2-6-12(14)16)15(19)17-9-11-5-4-7-13(11)18/h2-3,6,8,10-11,13,18H,4-5,7,9H2,1H3,(H,17,19). The van der Waals surface area contributed by atoms with Crippen LogP contribution in [0.2, 0.25) is 0 Å². The van der Waals surface area contributed by atoms with Gasteiger partial charge in [0.25, 0.3) is 5.91 Å². The third-order valence-electron chi connectivity index (χ3n) is 3.67. The average molecular weight is 281 g/mol. The van der Waals surface area contributed by atoms with E-state index in [1.54, 1.807) is 19.1 Å². The van der Waals surface area contributed by atoms with Crippen LogP contribution in [-0.4, -0.2) is 29.8 Å². The molecule has 1 aliphatic rings. The number of hydrogen-bond donors (Lipinski definition) is 2. The fourth-order valence-electron chi connectivity index (χ4n) is 2.42. The summed E-state index contributed by atoms with van der Waals surface area (Å²) in [5.41, 5.74) is 0. The van der Waals surface area contributed by atoms with E-state index < -0.39 is 11.9 Å². The first-order chi connectivity index (χ1) is 9.58. The van der Waals surface area contributed by atoms with Gasteiger partial charge in [-0.15, -0.1) is 0 Å². The van der Waals surface area contributed by atoms with Gasteiger partial charge < -0.3 is 15.2 Å². The van der Waals surface area contributed by atoms with Crippen LogP contribution in [0, 0.1) is 11.7 Å². The van der Waals surface area contributed by atoms with Crippen molar-refractivity contribution in [2.24, 2.45) is 5.92 Å². The lowest BCUT2D eigenvalue weighted by Gasteiger charge is -2.18. The van der Waals surface area contributed by atoms with Crippen molar-refractivity contribution in [2.45, 2.75) is 38.4 Å². The monoisotopic (exact) mass is 281 g/mol. The molecule has 1 saturated carbocycles. The minimum absolute atomic E-state index is 0.0658. The van der Waals surface area contributed by atoms with Gasteiger partial charge in [-0.05, 0) is 31.9 Å². The molecule has 5 heteroatoms. The van der Waals surface area contributed by atoms with E-state index in [4.69, 9.17) is 4.74 Å². The van der Waals surface area contributed by atoms with Crippen molar-refractivity contribution in [3.63, 3.8) is 0 Å². The highest BCUT2D eigenvalue weighted by molar-refractivity contribution is 5.80. The molecule has 20 heavy (non-hydrogen) atoms. The molecule has 0 saturated heterocycles. The fraction of sp³-hybridized carbons (Fsp3) is 0.533. The molecular formula is C15H20FNO3. The van der Waals surface area contributed by atoms with Gasteiger partial charge in [0.2, 0.25) is 0 Å². The van der Waals surface area contributed by atoms with E-state index in [-0.39, 0.29) is 23.7 Å². The number of carbonyl (C=O) groups is 1. The smallest absolute Gasteiger partial charge is 0.260 e. The van der Waals surface area contributed by atoms with Crippen LogP contribution in [0.1, 0.15) is 26.2 Å². The average Bonchev–Trinajstić information content (AvgIpc) is 2.84. The number of halogens is 1. The maximum Gasteiger partial charge on any atom is 0.260 e. The molecule has 4 nitrogen and oxygen atoms in total. The molecule has 0 radical (unpaired) electrons. The number of nitrogens with one attached hydrogen (secondary N) is 1. The molecule has 110 valence electrons. The van der Waals surface area contributed by atoms with E-state index in [1.807, 2.05) is 0 Å². The molecule has 2 N–H and O–H groups in total. The minimum atomic E-state index is -0.773. The Balaban J connectivity index is 1.81. The molecule has 0 bridgehead atoms. The maximum atomic E-state index is 13.4. The molecule has 1 amide bonds. The minimum Gasteiger partial charge on any atom is -0.478 e. The second-order valence-corrected chi connectivity index (χ2v) is 5.19. The Morgan fingerprint density at radius 3 is 2.90 bits per heavy atom. The first kappa shape index (κ1) is 14.8. The molecule has 1 aliphatic carbocycles. The molecule has 1 aromatic carbocycles. The van der Waals surface area contributed by atoms with E-state index in [1.165, 1.54) is 12.1 Å². The Hall–Kier alpha value is -1.62. The van der Waals surface area contributed by atoms with Crippen molar-refractivity contribution >= 4 is 5.91 Å². The number of ether oxygens (including phenoxy) is 1. The van der Waals surface area contributed by atoms with Crippen molar-refractivity contribution in [2.75, 3.05) is 6.54 Å². The van der Waals surface area contributed by atoms with E-state index in [9.17, 15) is 14.3 Å². The van der Waals surface area contributed by atoms with Crippen molar-refractivity contribution in [1.82, 2.24) is 5.32 Å². The first-order valence-electron chi connectivity index (χ1n) is 6.95. The second-order valence-electron chi connectivity index (χ2n) is 5.19.